The van der Waals surface area contributed by atoms with E-state index in [4.69, 9.17) is 4.74 Å². The Hall–Kier alpha value is -2.84. The van der Waals surface area contributed by atoms with E-state index in [0.29, 0.717) is 29.6 Å². The summed E-state index contributed by atoms with van der Waals surface area (Å²) in [6.07, 6.45) is 11.4. The summed E-state index contributed by atoms with van der Waals surface area (Å²) >= 11 is 1.52. The lowest BCUT2D eigenvalue weighted by atomic mass is 9.88. The molecule has 0 fully saturated rings. The van der Waals surface area contributed by atoms with Crippen molar-refractivity contribution in [2.75, 3.05) is 38.1 Å². The molecule has 2 amide bonds. The van der Waals surface area contributed by atoms with Gasteiger partial charge in [-0.1, -0.05) is 32.8 Å². The Morgan fingerprint density at radius 1 is 1.15 bits per heavy atom. The van der Waals surface area contributed by atoms with Crippen molar-refractivity contribution in [1.82, 2.24) is 14.8 Å². The van der Waals surface area contributed by atoms with E-state index in [-0.39, 0.29) is 12.0 Å². The Balaban J connectivity index is 1.60. The number of amides is 2. The molecule has 7 nitrogen and oxygen atoms in total. The van der Waals surface area contributed by atoms with Gasteiger partial charge in [-0.3, -0.25) is 10.2 Å². The first-order chi connectivity index (χ1) is 19.4. The molecule has 0 aromatic carbocycles. The van der Waals surface area contributed by atoms with Crippen LogP contribution in [0.3, 0.4) is 0 Å². The maximum Gasteiger partial charge on any atom is 0.341 e. The fourth-order valence-electron chi connectivity index (χ4n) is 5.89. The number of nitrogens with one attached hydrogen (secondary N) is 2. The highest BCUT2D eigenvalue weighted by Crippen LogP contribution is 2.40. The highest BCUT2D eigenvalue weighted by Gasteiger charge is 2.29. The minimum absolute atomic E-state index is 0.295. The van der Waals surface area contributed by atoms with Gasteiger partial charge in [0.05, 0.1) is 12.2 Å². The van der Waals surface area contributed by atoms with E-state index in [1.165, 1.54) is 39.4 Å². The number of carbonyl (C=O) groups excluding carboxylic acids is 2. The van der Waals surface area contributed by atoms with E-state index in [0.717, 1.165) is 69.4 Å². The molecule has 2 aromatic rings. The molecule has 0 saturated carbocycles. The predicted octanol–water partition coefficient (Wildman–Crippen LogP) is 7.12. The van der Waals surface area contributed by atoms with Crippen LogP contribution in [0.1, 0.15) is 87.5 Å². The number of esters is 1. The molecule has 218 valence electrons. The molecule has 2 N–H and O–H groups in total. The number of ether oxygens (including phenoxy) is 1. The summed E-state index contributed by atoms with van der Waals surface area (Å²) < 4.78 is 7.54. The zero-order valence-electron chi connectivity index (χ0n) is 24.9. The van der Waals surface area contributed by atoms with Gasteiger partial charge in [0.1, 0.15) is 5.00 Å². The minimum Gasteiger partial charge on any atom is -0.462 e. The zero-order valence-corrected chi connectivity index (χ0v) is 25.7. The first-order valence-corrected chi connectivity index (χ1v) is 15.8. The number of fused-ring (bicyclic) bond motifs is 1. The van der Waals surface area contributed by atoms with Gasteiger partial charge < -0.3 is 14.6 Å². The topological polar surface area (TPSA) is 75.6 Å². The molecule has 0 radical (unpaired) electrons. The van der Waals surface area contributed by atoms with E-state index in [1.807, 2.05) is 19.1 Å². The van der Waals surface area contributed by atoms with Crippen molar-refractivity contribution in [2.24, 2.45) is 5.92 Å². The number of allylic oxidation sites excluding steroid dienone is 1. The van der Waals surface area contributed by atoms with Crippen LogP contribution in [0.5, 0.6) is 0 Å². The number of likely N-dealkylation sites (N-methyl/N-ethyl adjacent to an activating group) is 1. The number of carbonyl (C=O) groups is 2. The number of thiophene rings is 1. The van der Waals surface area contributed by atoms with Crippen molar-refractivity contribution in [2.45, 2.75) is 79.6 Å². The minimum atomic E-state index is -0.346. The molecule has 4 rings (SSSR count). The molecule has 1 aliphatic heterocycles. The number of aromatic nitrogens is 1. The van der Waals surface area contributed by atoms with Gasteiger partial charge in [-0.05, 0) is 93.7 Å². The molecular weight excluding hydrogens is 520 g/mol. The Kier molecular flexibility index (Phi) is 10.7. The van der Waals surface area contributed by atoms with Gasteiger partial charge >= 0.3 is 12.0 Å². The van der Waals surface area contributed by atoms with Crippen LogP contribution < -0.4 is 10.6 Å². The van der Waals surface area contributed by atoms with Gasteiger partial charge in [0.2, 0.25) is 0 Å². The second-order valence-corrected chi connectivity index (χ2v) is 12.1. The average Bonchev–Trinajstić information content (AvgIpc) is 3.60. The Bertz CT molecular complexity index is 1240. The molecule has 8 heteroatoms. The van der Waals surface area contributed by atoms with Gasteiger partial charge in [-0.2, -0.15) is 0 Å². The Morgan fingerprint density at radius 2 is 1.93 bits per heavy atom. The number of anilines is 1. The van der Waals surface area contributed by atoms with Crippen LogP contribution in [0, 0.1) is 5.92 Å². The van der Waals surface area contributed by atoms with Crippen LogP contribution >= 0.6 is 11.3 Å². The first kappa shape index (κ1) is 30.1. The van der Waals surface area contributed by atoms with Gasteiger partial charge in [-0.15, -0.1) is 11.3 Å². The van der Waals surface area contributed by atoms with Crippen molar-refractivity contribution < 1.29 is 14.3 Å². The molecule has 2 aromatic heterocycles. The monoisotopic (exact) mass is 566 g/mol. The van der Waals surface area contributed by atoms with Crippen LogP contribution in [-0.4, -0.2) is 54.3 Å². The van der Waals surface area contributed by atoms with Crippen molar-refractivity contribution in [3.05, 3.63) is 57.2 Å². The third-order valence-electron chi connectivity index (χ3n) is 8.23. The third-order valence-corrected chi connectivity index (χ3v) is 9.44. The number of urea groups is 1. The van der Waals surface area contributed by atoms with Crippen molar-refractivity contribution in [1.29, 1.82) is 0 Å². The second-order valence-electron chi connectivity index (χ2n) is 11.0. The fourth-order valence-corrected chi connectivity index (χ4v) is 7.12. The normalized spacial score (nSPS) is 18.3. The van der Waals surface area contributed by atoms with Crippen molar-refractivity contribution in [3.8, 4) is 0 Å². The van der Waals surface area contributed by atoms with Crippen LogP contribution in [0.4, 0.5) is 9.80 Å². The zero-order chi connectivity index (χ0) is 28.6. The molecule has 1 unspecified atom stereocenters. The summed E-state index contributed by atoms with van der Waals surface area (Å²) in [6.45, 7) is 14.4. The number of aryl methyl sites for hydroxylation is 1. The first-order valence-electron chi connectivity index (χ1n) is 15.0. The smallest absolute Gasteiger partial charge is 0.341 e. The highest BCUT2D eigenvalue weighted by molar-refractivity contribution is 7.17. The number of hydrogen-bond donors (Lipinski definition) is 2. The van der Waals surface area contributed by atoms with Crippen LogP contribution in [0.25, 0.3) is 5.70 Å². The summed E-state index contributed by atoms with van der Waals surface area (Å²) in [5, 5.41) is 6.77. The van der Waals surface area contributed by atoms with E-state index in [2.05, 4.69) is 60.2 Å². The fraction of sp³-hybridized carbons (Fsp3) is 0.562. The molecular formula is C32H46N4O3S. The maximum atomic E-state index is 13.3. The van der Waals surface area contributed by atoms with Gasteiger partial charge in [-0.25, -0.2) is 9.59 Å². The molecule has 0 spiro atoms. The van der Waals surface area contributed by atoms with Gasteiger partial charge in [0, 0.05) is 42.6 Å². The molecule has 2 aliphatic rings. The molecule has 0 saturated heterocycles. The largest absolute Gasteiger partial charge is 0.462 e. The number of unbranched alkanes of at least 4 members (excludes halogenated alkanes) is 1. The standard InChI is InChI=1S/C32H46N4O3S/c1-6-9-12-24-21-35(7-2)18-15-25(24)27(23(5)36-16-10-11-17-36)20-33-32(38)34-30-29(31(37)39-8-3)26-19-22(4)13-14-28(26)40-30/h10-11,16-17,22H,6-9,12-15,18-21H2,1-5H3,(H2,33,34,38)/b27-23+. The summed E-state index contributed by atoms with van der Waals surface area (Å²) in [7, 11) is 0. The lowest BCUT2D eigenvalue weighted by Crippen LogP contribution is -2.35. The van der Waals surface area contributed by atoms with E-state index >= 15 is 0 Å². The summed E-state index contributed by atoms with van der Waals surface area (Å²) in [5.41, 5.74) is 6.78. The molecule has 0 bridgehead atoms. The quantitative estimate of drug-likeness (QED) is 0.284. The lowest BCUT2D eigenvalue weighted by molar-refractivity contribution is 0.0526. The summed E-state index contributed by atoms with van der Waals surface area (Å²) in [6, 6.07) is 3.77. The Morgan fingerprint density at radius 3 is 2.62 bits per heavy atom. The molecule has 3 heterocycles. The predicted molar refractivity (Wildman–Crippen MR) is 165 cm³/mol. The number of rotatable bonds is 11. The van der Waals surface area contributed by atoms with Crippen molar-refractivity contribution in [3.63, 3.8) is 0 Å². The van der Waals surface area contributed by atoms with Gasteiger partial charge in [0.25, 0.3) is 0 Å². The number of hydrogen-bond acceptors (Lipinski definition) is 5. The second kappa shape index (κ2) is 14.2. The lowest BCUT2D eigenvalue weighted by Gasteiger charge is -2.32. The molecule has 40 heavy (non-hydrogen) atoms. The van der Waals surface area contributed by atoms with Crippen molar-refractivity contribution >= 4 is 34.0 Å². The SMILES string of the molecule is CCCCC1=C(/C(CNC(=O)Nc2sc3c(c2C(=O)OCC)CC(C)CC3)=C(\C)n2cccc2)CCN(CC)C1. The molecule has 1 atom stereocenters. The van der Waals surface area contributed by atoms with E-state index in [1.54, 1.807) is 0 Å². The maximum absolute atomic E-state index is 13.3. The summed E-state index contributed by atoms with van der Waals surface area (Å²) in [5.74, 6) is 0.164. The summed E-state index contributed by atoms with van der Waals surface area (Å²) in [4.78, 5) is 30.0. The average molecular weight is 567 g/mol. The van der Waals surface area contributed by atoms with Gasteiger partial charge in [0.15, 0.2) is 0 Å². The highest BCUT2D eigenvalue weighted by atomic mass is 32.1. The third kappa shape index (κ3) is 7.07. The van der Waals surface area contributed by atoms with E-state index in [9.17, 15) is 9.59 Å². The molecule has 1 aliphatic carbocycles. The number of nitrogens with zero attached hydrogens (tertiary/aromatic N) is 2. The van der Waals surface area contributed by atoms with Crippen LogP contribution in [0.2, 0.25) is 0 Å². The van der Waals surface area contributed by atoms with E-state index < -0.39 is 0 Å². The van der Waals surface area contributed by atoms with Crippen LogP contribution in [-0.2, 0) is 17.6 Å². The van der Waals surface area contributed by atoms with Crippen LogP contribution in [0.15, 0.2) is 41.2 Å². The Labute approximate surface area is 243 Å².